The lowest BCUT2D eigenvalue weighted by Gasteiger charge is -2.05. The Balaban J connectivity index is 1.48. The Morgan fingerprint density at radius 2 is 1.56 bits per heavy atom. The Morgan fingerprint density at radius 1 is 0.852 bits per heavy atom. The maximum Gasteiger partial charge on any atom is 0.255 e. The first-order valence-corrected chi connectivity index (χ1v) is 8.37. The molecule has 0 aliphatic rings. The van der Waals surface area contributed by atoms with E-state index in [0.29, 0.717) is 17.1 Å². The van der Waals surface area contributed by atoms with E-state index in [1.54, 1.807) is 18.4 Å². The van der Waals surface area contributed by atoms with E-state index in [0.717, 1.165) is 16.8 Å². The van der Waals surface area contributed by atoms with Crippen LogP contribution < -0.4 is 5.32 Å². The summed E-state index contributed by atoms with van der Waals surface area (Å²) in [5.41, 5.74) is 3.57. The number of amides is 1. The van der Waals surface area contributed by atoms with Crippen molar-refractivity contribution < 1.29 is 13.6 Å². The van der Waals surface area contributed by atoms with Crippen molar-refractivity contribution in [3.05, 3.63) is 96.5 Å². The van der Waals surface area contributed by atoms with Gasteiger partial charge in [0.05, 0.1) is 0 Å². The second kappa shape index (κ2) is 7.25. The monoisotopic (exact) mass is 358 g/mol. The van der Waals surface area contributed by atoms with Gasteiger partial charge in [-0.3, -0.25) is 4.79 Å². The standard InChI is InChI=1S/C22H15FN2O2/c23-18-10-6-16(7-11-18)21(26)24-19-12-8-17(9-13-19)22-25-20(14-27-22)15-4-2-1-3-5-15/h1-14H,(H,24,26). The van der Waals surface area contributed by atoms with Crippen LogP contribution in [0.1, 0.15) is 10.4 Å². The zero-order valence-electron chi connectivity index (χ0n) is 14.2. The van der Waals surface area contributed by atoms with Crippen LogP contribution in [0.5, 0.6) is 0 Å². The summed E-state index contributed by atoms with van der Waals surface area (Å²) in [5.74, 6) is -0.174. The van der Waals surface area contributed by atoms with Crippen molar-refractivity contribution in [2.45, 2.75) is 0 Å². The number of hydrogen-bond acceptors (Lipinski definition) is 3. The smallest absolute Gasteiger partial charge is 0.255 e. The van der Waals surface area contributed by atoms with Gasteiger partial charge in [-0.05, 0) is 48.5 Å². The molecule has 0 saturated heterocycles. The lowest BCUT2D eigenvalue weighted by atomic mass is 10.1. The van der Waals surface area contributed by atoms with Gasteiger partial charge in [-0.2, -0.15) is 0 Å². The van der Waals surface area contributed by atoms with Crippen LogP contribution in [-0.2, 0) is 0 Å². The number of aromatic nitrogens is 1. The van der Waals surface area contributed by atoms with Gasteiger partial charge in [-0.1, -0.05) is 30.3 Å². The summed E-state index contributed by atoms with van der Waals surface area (Å²) < 4.78 is 18.5. The molecule has 4 rings (SSSR count). The van der Waals surface area contributed by atoms with Gasteiger partial charge in [-0.25, -0.2) is 9.37 Å². The molecule has 0 spiro atoms. The van der Waals surface area contributed by atoms with Gasteiger partial charge >= 0.3 is 0 Å². The van der Waals surface area contributed by atoms with Gasteiger partial charge in [0.25, 0.3) is 5.91 Å². The molecular weight excluding hydrogens is 343 g/mol. The number of hydrogen-bond donors (Lipinski definition) is 1. The highest BCUT2D eigenvalue weighted by Gasteiger charge is 2.10. The number of nitrogens with zero attached hydrogens (tertiary/aromatic N) is 1. The van der Waals surface area contributed by atoms with E-state index in [1.165, 1.54) is 24.3 Å². The molecule has 3 aromatic carbocycles. The zero-order valence-corrected chi connectivity index (χ0v) is 14.2. The molecule has 132 valence electrons. The van der Waals surface area contributed by atoms with Gasteiger partial charge in [0.15, 0.2) is 0 Å². The van der Waals surface area contributed by atoms with Crippen molar-refractivity contribution >= 4 is 11.6 Å². The Labute approximate surface area is 155 Å². The molecule has 1 aromatic heterocycles. The van der Waals surface area contributed by atoms with Crippen LogP contribution in [0, 0.1) is 5.82 Å². The molecule has 0 bridgehead atoms. The van der Waals surface area contributed by atoms with E-state index < -0.39 is 0 Å². The third kappa shape index (κ3) is 3.77. The predicted molar refractivity (Wildman–Crippen MR) is 102 cm³/mol. The summed E-state index contributed by atoms with van der Waals surface area (Å²) in [4.78, 5) is 16.7. The van der Waals surface area contributed by atoms with Crippen molar-refractivity contribution in [1.82, 2.24) is 4.98 Å². The lowest BCUT2D eigenvalue weighted by molar-refractivity contribution is 0.102. The fourth-order valence-corrected chi connectivity index (χ4v) is 2.65. The minimum Gasteiger partial charge on any atom is -0.444 e. The zero-order chi connectivity index (χ0) is 18.6. The highest BCUT2D eigenvalue weighted by atomic mass is 19.1. The molecule has 0 fully saturated rings. The lowest BCUT2D eigenvalue weighted by Crippen LogP contribution is -2.11. The van der Waals surface area contributed by atoms with E-state index in [1.807, 2.05) is 42.5 Å². The Bertz CT molecular complexity index is 1060. The van der Waals surface area contributed by atoms with Gasteiger partial charge in [0.1, 0.15) is 17.8 Å². The molecule has 1 N–H and O–H groups in total. The summed E-state index contributed by atoms with van der Waals surface area (Å²) in [6.07, 6.45) is 1.62. The van der Waals surface area contributed by atoms with Crippen molar-refractivity contribution in [2.75, 3.05) is 5.32 Å². The Morgan fingerprint density at radius 3 is 2.26 bits per heavy atom. The average molecular weight is 358 g/mol. The van der Waals surface area contributed by atoms with Crippen LogP contribution in [0.4, 0.5) is 10.1 Å². The summed E-state index contributed by atoms with van der Waals surface area (Å²) in [7, 11) is 0. The largest absolute Gasteiger partial charge is 0.444 e. The highest BCUT2D eigenvalue weighted by Crippen LogP contribution is 2.25. The second-order valence-electron chi connectivity index (χ2n) is 5.94. The van der Waals surface area contributed by atoms with Crippen molar-refractivity contribution in [1.29, 1.82) is 0 Å². The van der Waals surface area contributed by atoms with Crippen molar-refractivity contribution in [3.8, 4) is 22.7 Å². The summed E-state index contributed by atoms with van der Waals surface area (Å²) in [5, 5.41) is 2.78. The summed E-state index contributed by atoms with van der Waals surface area (Å²) in [6, 6.07) is 22.3. The molecule has 0 radical (unpaired) electrons. The fraction of sp³-hybridized carbons (Fsp3) is 0. The maximum absolute atomic E-state index is 12.9. The number of halogens is 1. The Kier molecular flexibility index (Phi) is 4.49. The number of carbonyl (C=O) groups is 1. The topological polar surface area (TPSA) is 55.1 Å². The van der Waals surface area contributed by atoms with Gasteiger partial charge in [-0.15, -0.1) is 0 Å². The van der Waals surface area contributed by atoms with Gasteiger partial charge in [0, 0.05) is 22.4 Å². The van der Waals surface area contributed by atoms with Crippen molar-refractivity contribution in [2.24, 2.45) is 0 Å². The maximum atomic E-state index is 12.9. The molecule has 5 heteroatoms. The van der Waals surface area contributed by atoms with Crippen LogP contribution in [0.15, 0.2) is 89.5 Å². The average Bonchev–Trinajstić information content (AvgIpc) is 3.20. The summed E-state index contributed by atoms with van der Waals surface area (Å²) >= 11 is 0. The molecule has 0 unspecified atom stereocenters. The number of anilines is 1. The normalized spacial score (nSPS) is 10.6. The molecule has 0 atom stereocenters. The van der Waals surface area contributed by atoms with E-state index in [4.69, 9.17) is 4.42 Å². The van der Waals surface area contributed by atoms with Gasteiger partial charge in [0.2, 0.25) is 5.89 Å². The number of nitrogens with one attached hydrogen (secondary N) is 1. The molecular formula is C22H15FN2O2. The van der Waals surface area contributed by atoms with Gasteiger partial charge < -0.3 is 9.73 Å². The minimum absolute atomic E-state index is 0.301. The molecule has 4 aromatic rings. The van der Waals surface area contributed by atoms with E-state index in [-0.39, 0.29) is 11.7 Å². The fourth-order valence-electron chi connectivity index (χ4n) is 2.65. The molecule has 4 nitrogen and oxygen atoms in total. The van der Waals surface area contributed by atoms with Crippen LogP contribution in [0.2, 0.25) is 0 Å². The SMILES string of the molecule is O=C(Nc1ccc(-c2nc(-c3ccccc3)co2)cc1)c1ccc(F)cc1. The molecule has 0 aliphatic heterocycles. The second-order valence-corrected chi connectivity index (χ2v) is 5.94. The quantitative estimate of drug-likeness (QED) is 0.531. The Hall–Kier alpha value is -3.73. The van der Waals surface area contributed by atoms with Crippen LogP contribution in [-0.4, -0.2) is 10.9 Å². The number of benzene rings is 3. The first-order chi connectivity index (χ1) is 13.2. The number of oxazole rings is 1. The van der Waals surface area contributed by atoms with E-state index in [9.17, 15) is 9.18 Å². The predicted octanol–water partition coefficient (Wildman–Crippen LogP) is 5.40. The molecule has 1 amide bonds. The molecule has 0 aliphatic carbocycles. The minimum atomic E-state index is -0.378. The first-order valence-electron chi connectivity index (χ1n) is 8.37. The molecule has 27 heavy (non-hydrogen) atoms. The van der Waals surface area contributed by atoms with Crippen molar-refractivity contribution in [3.63, 3.8) is 0 Å². The highest BCUT2D eigenvalue weighted by molar-refractivity contribution is 6.04. The van der Waals surface area contributed by atoms with E-state index in [2.05, 4.69) is 10.3 Å². The number of rotatable bonds is 4. The molecule has 1 heterocycles. The first kappa shape index (κ1) is 16.7. The van der Waals surface area contributed by atoms with Crippen LogP contribution in [0.25, 0.3) is 22.7 Å². The van der Waals surface area contributed by atoms with Crippen LogP contribution >= 0.6 is 0 Å². The van der Waals surface area contributed by atoms with Crippen LogP contribution in [0.3, 0.4) is 0 Å². The summed E-state index contributed by atoms with van der Waals surface area (Å²) in [6.45, 7) is 0. The molecule has 0 saturated carbocycles. The third-order valence-electron chi connectivity index (χ3n) is 4.07. The third-order valence-corrected chi connectivity index (χ3v) is 4.07. The number of carbonyl (C=O) groups excluding carboxylic acids is 1. The van der Waals surface area contributed by atoms with E-state index >= 15 is 0 Å².